The first-order valence-electron chi connectivity index (χ1n) is 7.85. The summed E-state index contributed by atoms with van der Waals surface area (Å²) in [4.78, 5) is 2.48. The lowest BCUT2D eigenvalue weighted by molar-refractivity contribution is 0.0161. The molecule has 104 valence electrons. The number of aliphatic hydroxyl groups is 1. The van der Waals surface area contributed by atoms with Gasteiger partial charge in [-0.15, -0.1) is 0 Å². The lowest BCUT2D eigenvalue weighted by atomic mass is 9.87. The van der Waals surface area contributed by atoms with Crippen LogP contribution in [0.1, 0.15) is 52.4 Å². The minimum absolute atomic E-state index is 0.119. The van der Waals surface area contributed by atoms with Crippen molar-refractivity contribution in [3.63, 3.8) is 0 Å². The summed E-state index contributed by atoms with van der Waals surface area (Å²) in [5.74, 6) is 2.96. The molecule has 3 rings (SSSR count). The Bertz CT molecular complexity index is 314. The standard InChI is InChI=1S/C16H29NO/c1-16(2)7-6-14(15(16)18)17(3)10-13-9-11-4-5-12(13)8-11/h11-15,18H,4-10H2,1-3H3. The topological polar surface area (TPSA) is 23.5 Å². The van der Waals surface area contributed by atoms with E-state index in [1.807, 2.05) is 0 Å². The third-order valence-electron chi connectivity index (χ3n) is 6.22. The van der Waals surface area contributed by atoms with Crippen LogP contribution in [0, 0.1) is 23.2 Å². The van der Waals surface area contributed by atoms with E-state index in [-0.39, 0.29) is 11.5 Å². The maximum Gasteiger partial charge on any atom is 0.0746 e. The van der Waals surface area contributed by atoms with Crippen molar-refractivity contribution in [1.29, 1.82) is 0 Å². The molecule has 0 aromatic rings. The van der Waals surface area contributed by atoms with Gasteiger partial charge >= 0.3 is 0 Å². The molecule has 0 amide bonds. The van der Waals surface area contributed by atoms with Gasteiger partial charge in [0.25, 0.3) is 0 Å². The van der Waals surface area contributed by atoms with Crippen molar-refractivity contribution in [1.82, 2.24) is 4.90 Å². The Morgan fingerprint density at radius 2 is 1.94 bits per heavy atom. The van der Waals surface area contributed by atoms with Crippen molar-refractivity contribution >= 4 is 0 Å². The molecule has 0 saturated heterocycles. The predicted octanol–water partition coefficient (Wildman–Crippen LogP) is 2.90. The van der Waals surface area contributed by atoms with E-state index in [0.29, 0.717) is 6.04 Å². The number of aliphatic hydroxyl groups excluding tert-OH is 1. The molecule has 0 radical (unpaired) electrons. The molecule has 0 spiro atoms. The highest BCUT2D eigenvalue weighted by atomic mass is 16.3. The van der Waals surface area contributed by atoms with Gasteiger partial charge < -0.3 is 10.0 Å². The van der Waals surface area contributed by atoms with Crippen LogP contribution in [-0.4, -0.2) is 35.7 Å². The molecule has 3 saturated carbocycles. The summed E-state index contributed by atoms with van der Waals surface area (Å²) < 4.78 is 0. The summed E-state index contributed by atoms with van der Waals surface area (Å²) >= 11 is 0. The summed E-state index contributed by atoms with van der Waals surface area (Å²) in [5, 5.41) is 10.5. The third-order valence-corrected chi connectivity index (χ3v) is 6.22. The van der Waals surface area contributed by atoms with Crippen molar-refractivity contribution in [3.05, 3.63) is 0 Å². The van der Waals surface area contributed by atoms with Crippen LogP contribution in [0.15, 0.2) is 0 Å². The van der Waals surface area contributed by atoms with Gasteiger partial charge in [0.2, 0.25) is 0 Å². The molecule has 18 heavy (non-hydrogen) atoms. The van der Waals surface area contributed by atoms with E-state index >= 15 is 0 Å². The van der Waals surface area contributed by atoms with Crippen LogP contribution in [0.25, 0.3) is 0 Å². The maximum absolute atomic E-state index is 10.5. The first-order valence-corrected chi connectivity index (χ1v) is 7.85. The van der Waals surface area contributed by atoms with Crippen LogP contribution >= 0.6 is 0 Å². The minimum atomic E-state index is -0.138. The molecule has 3 aliphatic rings. The minimum Gasteiger partial charge on any atom is -0.391 e. The zero-order valence-corrected chi connectivity index (χ0v) is 12.2. The maximum atomic E-state index is 10.5. The van der Waals surface area contributed by atoms with Crippen LogP contribution in [0.5, 0.6) is 0 Å². The molecule has 0 aliphatic heterocycles. The lowest BCUT2D eigenvalue weighted by Crippen LogP contribution is -2.44. The Morgan fingerprint density at radius 3 is 2.44 bits per heavy atom. The van der Waals surface area contributed by atoms with Gasteiger partial charge in [0.1, 0.15) is 0 Å². The summed E-state index contributed by atoms with van der Waals surface area (Å²) in [5.41, 5.74) is 0.119. The van der Waals surface area contributed by atoms with E-state index < -0.39 is 0 Å². The second kappa shape index (κ2) is 4.49. The van der Waals surface area contributed by atoms with Gasteiger partial charge in [0.05, 0.1) is 6.10 Å². The monoisotopic (exact) mass is 251 g/mol. The normalized spacial score (nSPS) is 46.2. The van der Waals surface area contributed by atoms with Crippen LogP contribution in [0.2, 0.25) is 0 Å². The smallest absolute Gasteiger partial charge is 0.0746 e. The van der Waals surface area contributed by atoms with Gasteiger partial charge in [0.15, 0.2) is 0 Å². The summed E-state index contributed by atoms with van der Waals surface area (Å²) in [6.07, 6.45) is 8.12. The predicted molar refractivity (Wildman–Crippen MR) is 74.4 cm³/mol. The van der Waals surface area contributed by atoms with Crippen LogP contribution in [-0.2, 0) is 0 Å². The van der Waals surface area contributed by atoms with Crippen molar-refractivity contribution in [2.45, 2.75) is 64.5 Å². The Labute approximate surface area is 112 Å². The number of hydrogen-bond donors (Lipinski definition) is 1. The molecular formula is C16H29NO. The molecule has 3 aliphatic carbocycles. The Kier molecular flexibility index (Phi) is 3.22. The molecule has 2 bridgehead atoms. The number of nitrogens with zero attached hydrogens (tertiary/aromatic N) is 1. The Balaban J connectivity index is 1.57. The zero-order chi connectivity index (χ0) is 12.9. The highest BCUT2D eigenvalue weighted by molar-refractivity contribution is 4.97. The average molecular weight is 251 g/mol. The van der Waals surface area contributed by atoms with Gasteiger partial charge in [-0.1, -0.05) is 20.3 Å². The average Bonchev–Trinajstić information content (AvgIpc) is 2.95. The van der Waals surface area contributed by atoms with Gasteiger partial charge in [-0.05, 0) is 62.3 Å². The van der Waals surface area contributed by atoms with Crippen molar-refractivity contribution in [3.8, 4) is 0 Å². The number of fused-ring (bicyclic) bond motifs is 2. The van der Waals surface area contributed by atoms with Crippen molar-refractivity contribution in [2.75, 3.05) is 13.6 Å². The van der Waals surface area contributed by atoms with Crippen molar-refractivity contribution < 1.29 is 5.11 Å². The molecular weight excluding hydrogens is 222 g/mol. The van der Waals surface area contributed by atoms with E-state index in [9.17, 15) is 5.11 Å². The first-order chi connectivity index (χ1) is 8.47. The second-order valence-corrected chi connectivity index (χ2v) is 7.91. The molecule has 2 heteroatoms. The summed E-state index contributed by atoms with van der Waals surface area (Å²) in [6.45, 7) is 5.64. The van der Waals surface area contributed by atoms with E-state index in [0.717, 1.165) is 17.8 Å². The van der Waals surface area contributed by atoms with E-state index in [1.165, 1.54) is 45.1 Å². The molecule has 2 nitrogen and oxygen atoms in total. The van der Waals surface area contributed by atoms with Gasteiger partial charge in [0, 0.05) is 12.6 Å². The zero-order valence-electron chi connectivity index (χ0n) is 12.2. The van der Waals surface area contributed by atoms with Gasteiger partial charge in [-0.2, -0.15) is 0 Å². The third kappa shape index (κ3) is 2.12. The fourth-order valence-corrected chi connectivity index (χ4v) is 4.91. The summed E-state index contributed by atoms with van der Waals surface area (Å²) in [7, 11) is 2.24. The quantitative estimate of drug-likeness (QED) is 0.833. The lowest BCUT2D eigenvalue weighted by Gasteiger charge is -2.34. The molecule has 1 N–H and O–H groups in total. The van der Waals surface area contributed by atoms with Crippen LogP contribution in [0.3, 0.4) is 0 Å². The second-order valence-electron chi connectivity index (χ2n) is 7.91. The van der Waals surface area contributed by atoms with E-state index in [1.54, 1.807) is 0 Å². The molecule has 5 unspecified atom stereocenters. The Morgan fingerprint density at radius 1 is 1.17 bits per heavy atom. The first kappa shape index (κ1) is 12.9. The fraction of sp³-hybridized carbons (Fsp3) is 1.00. The van der Waals surface area contributed by atoms with Gasteiger partial charge in [-0.25, -0.2) is 0 Å². The molecule has 0 aromatic carbocycles. The largest absolute Gasteiger partial charge is 0.391 e. The van der Waals surface area contributed by atoms with Crippen LogP contribution < -0.4 is 0 Å². The van der Waals surface area contributed by atoms with Crippen LogP contribution in [0.4, 0.5) is 0 Å². The van der Waals surface area contributed by atoms with E-state index in [2.05, 4.69) is 25.8 Å². The van der Waals surface area contributed by atoms with E-state index in [4.69, 9.17) is 0 Å². The van der Waals surface area contributed by atoms with Crippen molar-refractivity contribution in [2.24, 2.45) is 23.2 Å². The number of likely N-dealkylation sites (N-methyl/N-ethyl adjacent to an activating group) is 1. The number of hydrogen-bond acceptors (Lipinski definition) is 2. The molecule has 5 atom stereocenters. The Hall–Kier alpha value is -0.0800. The molecule has 3 fully saturated rings. The fourth-order valence-electron chi connectivity index (χ4n) is 4.91. The highest BCUT2D eigenvalue weighted by Gasteiger charge is 2.45. The number of rotatable bonds is 3. The SMILES string of the molecule is CN(CC1CC2CCC1C2)C1CCC(C)(C)C1O. The molecule has 0 heterocycles. The van der Waals surface area contributed by atoms with Gasteiger partial charge in [-0.3, -0.25) is 0 Å². The highest BCUT2D eigenvalue weighted by Crippen LogP contribution is 2.49. The molecule has 0 aromatic heterocycles. The summed E-state index contributed by atoms with van der Waals surface area (Å²) in [6, 6.07) is 0.402.